The molecule has 4 aromatic rings. The molecule has 160 valence electrons. The summed E-state index contributed by atoms with van der Waals surface area (Å²) in [6.45, 7) is 5.78. The number of nitrogens with zero attached hydrogens (tertiary/aromatic N) is 2. The Hall–Kier alpha value is -3.11. The molecule has 2 atom stereocenters. The van der Waals surface area contributed by atoms with E-state index >= 15 is 0 Å². The van der Waals surface area contributed by atoms with Gasteiger partial charge in [0.25, 0.3) is 0 Å². The van der Waals surface area contributed by atoms with Crippen LogP contribution in [0.15, 0.2) is 78.9 Å². The minimum atomic E-state index is -0.761. The van der Waals surface area contributed by atoms with Gasteiger partial charge in [-0.3, -0.25) is 0 Å². The molecular formula is C27H30N2O2. The molecule has 0 saturated carbocycles. The Labute approximate surface area is 184 Å². The van der Waals surface area contributed by atoms with Gasteiger partial charge in [-0.05, 0) is 54.2 Å². The Morgan fingerprint density at radius 2 is 1.61 bits per heavy atom. The Morgan fingerprint density at radius 1 is 0.903 bits per heavy atom. The molecule has 0 radical (unpaired) electrons. The zero-order chi connectivity index (χ0) is 21.6. The van der Waals surface area contributed by atoms with E-state index in [0.717, 1.165) is 41.7 Å². The van der Waals surface area contributed by atoms with E-state index in [-0.39, 0.29) is 0 Å². The Morgan fingerprint density at radius 3 is 2.35 bits per heavy atom. The zero-order valence-electron chi connectivity index (χ0n) is 18.2. The van der Waals surface area contributed by atoms with E-state index in [1.165, 1.54) is 5.56 Å². The van der Waals surface area contributed by atoms with Crippen molar-refractivity contribution in [2.75, 3.05) is 6.61 Å². The Bertz CT molecular complexity index is 1100. The molecule has 0 spiro atoms. The lowest BCUT2D eigenvalue weighted by Gasteiger charge is -2.15. The normalized spacial score (nSPS) is 13.3. The molecule has 4 nitrogen and oxygen atoms in total. The highest BCUT2D eigenvalue weighted by atomic mass is 16.5. The largest absolute Gasteiger partial charge is 0.494 e. The molecule has 1 aromatic heterocycles. The maximum atomic E-state index is 11.0. The molecule has 0 aliphatic heterocycles. The van der Waals surface area contributed by atoms with Gasteiger partial charge in [0.2, 0.25) is 0 Å². The predicted octanol–water partition coefficient (Wildman–Crippen LogP) is 6.10. The molecule has 4 heteroatoms. The maximum Gasteiger partial charge on any atom is 0.143 e. The number of fused-ring (bicyclic) bond motifs is 1. The average molecular weight is 415 g/mol. The molecule has 31 heavy (non-hydrogen) atoms. The van der Waals surface area contributed by atoms with Gasteiger partial charge in [0.15, 0.2) is 0 Å². The van der Waals surface area contributed by atoms with Crippen LogP contribution in [0.3, 0.4) is 0 Å². The van der Waals surface area contributed by atoms with Gasteiger partial charge in [-0.1, -0.05) is 68.4 Å². The highest BCUT2D eigenvalue weighted by Gasteiger charge is 2.19. The highest BCUT2D eigenvalue weighted by molar-refractivity contribution is 5.76. The van der Waals surface area contributed by atoms with Gasteiger partial charge in [0, 0.05) is 6.54 Å². The van der Waals surface area contributed by atoms with E-state index in [1.54, 1.807) is 0 Å². The fourth-order valence-electron chi connectivity index (χ4n) is 3.86. The van der Waals surface area contributed by atoms with Crippen molar-refractivity contribution < 1.29 is 9.84 Å². The Kier molecular flexibility index (Phi) is 6.68. The maximum absolute atomic E-state index is 11.0. The van der Waals surface area contributed by atoms with E-state index < -0.39 is 6.10 Å². The van der Waals surface area contributed by atoms with Crippen molar-refractivity contribution in [3.63, 3.8) is 0 Å². The lowest BCUT2D eigenvalue weighted by Crippen LogP contribution is -2.12. The van der Waals surface area contributed by atoms with Crippen LogP contribution in [0.4, 0.5) is 0 Å². The molecule has 0 aliphatic carbocycles. The number of aromatic nitrogens is 2. The number of ether oxygens (including phenoxy) is 1. The SMILES string of the molecule is CCC(C)c1ccc(OCCCn2c(C(O)c3ccccc3)nc3ccccc32)cc1. The number of aryl methyl sites for hydroxylation is 1. The first-order valence-electron chi connectivity index (χ1n) is 11.1. The fraction of sp³-hybridized carbons (Fsp3) is 0.296. The van der Waals surface area contributed by atoms with Gasteiger partial charge in [0.05, 0.1) is 17.6 Å². The van der Waals surface area contributed by atoms with Gasteiger partial charge in [0.1, 0.15) is 17.7 Å². The minimum absolute atomic E-state index is 0.568. The monoisotopic (exact) mass is 414 g/mol. The van der Waals surface area contributed by atoms with E-state index in [1.807, 2.05) is 48.5 Å². The highest BCUT2D eigenvalue weighted by Crippen LogP contribution is 2.26. The van der Waals surface area contributed by atoms with Gasteiger partial charge in [-0.2, -0.15) is 0 Å². The van der Waals surface area contributed by atoms with Gasteiger partial charge in [-0.25, -0.2) is 4.98 Å². The first-order valence-corrected chi connectivity index (χ1v) is 11.1. The predicted molar refractivity (Wildman–Crippen MR) is 125 cm³/mol. The second-order valence-electron chi connectivity index (χ2n) is 8.00. The number of rotatable bonds is 9. The number of hydrogen-bond donors (Lipinski definition) is 1. The molecule has 0 bridgehead atoms. The first-order chi connectivity index (χ1) is 15.2. The molecule has 1 heterocycles. The third-order valence-corrected chi connectivity index (χ3v) is 5.90. The van der Waals surface area contributed by atoms with Crippen LogP contribution in [0.5, 0.6) is 5.75 Å². The first kappa shape index (κ1) is 21.1. The second kappa shape index (κ2) is 9.80. The molecule has 0 saturated heterocycles. The summed E-state index contributed by atoms with van der Waals surface area (Å²) in [5, 5.41) is 11.0. The van der Waals surface area contributed by atoms with Crippen molar-refractivity contribution in [3.05, 3.63) is 95.8 Å². The van der Waals surface area contributed by atoms with Crippen molar-refractivity contribution in [1.82, 2.24) is 9.55 Å². The van der Waals surface area contributed by atoms with Crippen LogP contribution < -0.4 is 4.74 Å². The molecule has 4 rings (SSSR count). The molecular weight excluding hydrogens is 384 g/mol. The summed E-state index contributed by atoms with van der Waals surface area (Å²) >= 11 is 0. The zero-order valence-corrected chi connectivity index (χ0v) is 18.2. The lowest BCUT2D eigenvalue weighted by atomic mass is 9.99. The van der Waals surface area contributed by atoms with Crippen molar-refractivity contribution >= 4 is 11.0 Å². The average Bonchev–Trinajstić information content (AvgIpc) is 3.20. The van der Waals surface area contributed by atoms with Crippen molar-refractivity contribution in [2.45, 2.75) is 45.3 Å². The molecule has 2 unspecified atom stereocenters. The number of hydrogen-bond acceptors (Lipinski definition) is 3. The number of imidazole rings is 1. The summed E-state index contributed by atoms with van der Waals surface area (Å²) in [6.07, 6.45) is 1.20. The van der Waals surface area contributed by atoms with E-state index in [2.05, 4.69) is 48.7 Å². The van der Waals surface area contributed by atoms with Crippen LogP contribution in [0.25, 0.3) is 11.0 Å². The standard InChI is InChI=1S/C27H30N2O2/c1-3-20(2)21-14-16-23(17-15-21)31-19-9-18-29-25-13-8-7-12-24(25)28-27(29)26(30)22-10-5-4-6-11-22/h4-8,10-17,20,26,30H,3,9,18-19H2,1-2H3. The van der Waals surface area contributed by atoms with Crippen LogP contribution >= 0.6 is 0 Å². The lowest BCUT2D eigenvalue weighted by molar-refractivity contribution is 0.203. The smallest absolute Gasteiger partial charge is 0.143 e. The number of aliphatic hydroxyl groups is 1. The topological polar surface area (TPSA) is 47.3 Å². The minimum Gasteiger partial charge on any atom is -0.494 e. The van der Waals surface area contributed by atoms with Crippen molar-refractivity contribution in [2.24, 2.45) is 0 Å². The number of benzene rings is 3. The van der Waals surface area contributed by atoms with Crippen LogP contribution in [-0.4, -0.2) is 21.3 Å². The fourth-order valence-corrected chi connectivity index (χ4v) is 3.86. The third-order valence-electron chi connectivity index (χ3n) is 5.90. The Balaban J connectivity index is 1.45. The van der Waals surface area contributed by atoms with Gasteiger partial charge < -0.3 is 14.4 Å². The van der Waals surface area contributed by atoms with E-state index in [0.29, 0.717) is 18.3 Å². The molecule has 0 fully saturated rings. The van der Waals surface area contributed by atoms with Crippen LogP contribution in [-0.2, 0) is 6.54 Å². The number of para-hydroxylation sites is 2. The molecule has 0 amide bonds. The van der Waals surface area contributed by atoms with E-state index in [9.17, 15) is 5.11 Å². The molecule has 3 aromatic carbocycles. The van der Waals surface area contributed by atoms with Crippen molar-refractivity contribution in [3.8, 4) is 5.75 Å². The van der Waals surface area contributed by atoms with Crippen LogP contribution in [0.2, 0.25) is 0 Å². The van der Waals surface area contributed by atoms with Gasteiger partial charge >= 0.3 is 0 Å². The number of aliphatic hydroxyl groups excluding tert-OH is 1. The molecule has 1 N–H and O–H groups in total. The summed E-state index contributed by atoms with van der Waals surface area (Å²) in [6, 6.07) is 26.1. The quantitative estimate of drug-likeness (QED) is 0.337. The van der Waals surface area contributed by atoms with Gasteiger partial charge in [-0.15, -0.1) is 0 Å². The van der Waals surface area contributed by atoms with Crippen LogP contribution in [0, 0.1) is 0 Å². The summed E-state index contributed by atoms with van der Waals surface area (Å²) in [5.74, 6) is 2.13. The summed E-state index contributed by atoms with van der Waals surface area (Å²) in [7, 11) is 0. The third kappa shape index (κ3) is 4.80. The summed E-state index contributed by atoms with van der Waals surface area (Å²) in [5.41, 5.74) is 4.12. The van der Waals surface area contributed by atoms with Crippen LogP contribution in [0.1, 0.15) is 55.7 Å². The van der Waals surface area contributed by atoms with Crippen molar-refractivity contribution in [1.29, 1.82) is 0 Å². The second-order valence-corrected chi connectivity index (χ2v) is 8.00. The van der Waals surface area contributed by atoms with E-state index in [4.69, 9.17) is 9.72 Å². The summed E-state index contributed by atoms with van der Waals surface area (Å²) < 4.78 is 8.09. The molecule has 0 aliphatic rings. The summed E-state index contributed by atoms with van der Waals surface area (Å²) in [4.78, 5) is 4.73.